The van der Waals surface area contributed by atoms with Gasteiger partial charge in [0.1, 0.15) is 6.04 Å². The molecule has 0 aromatic heterocycles. The second-order valence-corrected chi connectivity index (χ2v) is 8.84. The van der Waals surface area contributed by atoms with E-state index in [4.69, 9.17) is 0 Å². The summed E-state index contributed by atoms with van der Waals surface area (Å²) in [6, 6.07) is 11.9. The lowest BCUT2D eigenvalue weighted by atomic mass is 10.1. The van der Waals surface area contributed by atoms with E-state index in [-0.39, 0.29) is 10.8 Å². The standard InChI is InChI=1S/C20H24N2O3S/c1-14-6-8-18(9-7-14)26(24,25)22-10-4-5-19(22)20(23)21-17-12-15(2)11-16(3)13-17/h6-9,11-13,19H,4-5,10H2,1-3H3,(H,21,23). The topological polar surface area (TPSA) is 66.5 Å². The molecule has 1 aliphatic rings. The summed E-state index contributed by atoms with van der Waals surface area (Å²) in [6.45, 7) is 6.20. The monoisotopic (exact) mass is 372 g/mol. The Hall–Kier alpha value is -2.18. The number of hydrogen-bond donors (Lipinski definition) is 1. The minimum absolute atomic E-state index is 0.231. The average Bonchev–Trinajstić information content (AvgIpc) is 3.05. The maximum absolute atomic E-state index is 13.0. The van der Waals surface area contributed by atoms with E-state index in [2.05, 4.69) is 5.32 Å². The molecule has 1 fully saturated rings. The van der Waals surface area contributed by atoms with E-state index < -0.39 is 16.1 Å². The van der Waals surface area contributed by atoms with Crippen molar-refractivity contribution in [1.82, 2.24) is 4.31 Å². The molecule has 26 heavy (non-hydrogen) atoms. The summed E-state index contributed by atoms with van der Waals surface area (Å²) in [5.74, 6) is -0.275. The highest BCUT2D eigenvalue weighted by atomic mass is 32.2. The average molecular weight is 372 g/mol. The summed E-state index contributed by atoms with van der Waals surface area (Å²) in [5, 5.41) is 2.88. The third-order valence-electron chi connectivity index (χ3n) is 4.62. The maximum Gasteiger partial charge on any atom is 0.243 e. The van der Waals surface area contributed by atoms with Gasteiger partial charge in [0, 0.05) is 12.2 Å². The molecule has 0 bridgehead atoms. The molecule has 1 atom stereocenters. The van der Waals surface area contributed by atoms with Gasteiger partial charge in [-0.05, 0) is 69.0 Å². The molecule has 0 radical (unpaired) electrons. The minimum Gasteiger partial charge on any atom is -0.325 e. The fourth-order valence-electron chi connectivity index (χ4n) is 3.41. The lowest BCUT2D eigenvalue weighted by Gasteiger charge is -2.23. The van der Waals surface area contributed by atoms with Crippen LogP contribution in [0.25, 0.3) is 0 Å². The van der Waals surface area contributed by atoms with Crippen LogP contribution in [0.4, 0.5) is 5.69 Å². The number of aryl methyl sites for hydroxylation is 3. The number of anilines is 1. The Balaban J connectivity index is 1.83. The SMILES string of the molecule is Cc1ccc(S(=O)(=O)N2CCCC2C(=O)Nc2cc(C)cc(C)c2)cc1. The lowest BCUT2D eigenvalue weighted by molar-refractivity contribution is -0.119. The van der Waals surface area contributed by atoms with Gasteiger partial charge in [-0.1, -0.05) is 23.8 Å². The van der Waals surface area contributed by atoms with Crippen LogP contribution in [0.5, 0.6) is 0 Å². The maximum atomic E-state index is 13.0. The smallest absolute Gasteiger partial charge is 0.243 e. The van der Waals surface area contributed by atoms with E-state index in [1.54, 1.807) is 24.3 Å². The Kier molecular flexibility index (Phi) is 5.16. The molecule has 1 aliphatic heterocycles. The molecule has 1 unspecified atom stereocenters. The molecule has 1 heterocycles. The van der Waals surface area contributed by atoms with E-state index in [0.29, 0.717) is 25.1 Å². The van der Waals surface area contributed by atoms with Crippen LogP contribution in [0.3, 0.4) is 0 Å². The molecular weight excluding hydrogens is 348 g/mol. The molecule has 0 aliphatic carbocycles. The van der Waals surface area contributed by atoms with E-state index in [1.807, 2.05) is 39.0 Å². The molecule has 1 N–H and O–H groups in total. The first kappa shape index (κ1) is 18.6. The summed E-state index contributed by atoms with van der Waals surface area (Å²) >= 11 is 0. The molecule has 5 nitrogen and oxygen atoms in total. The molecule has 0 spiro atoms. The fourth-order valence-corrected chi connectivity index (χ4v) is 5.06. The Bertz CT molecular complexity index is 900. The Morgan fingerprint density at radius 3 is 2.23 bits per heavy atom. The van der Waals surface area contributed by atoms with E-state index >= 15 is 0 Å². The molecule has 2 aromatic carbocycles. The first-order chi connectivity index (χ1) is 12.3. The summed E-state index contributed by atoms with van der Waals surface area (Å²) in [4.78, 5) is 13.0. The van der Waals surface area contributed by atoms with Crippen molar-refractivity contribution < 1.29 is 13.2 Å². The Morgan fingerprint density at radius 1 is 1.00 bits per heavy atom. The molecule has 2 aromatic rings. The summed E-state index contributed by atoms with van der Waals surface area (Å²) in [5.41, 5.74) is 3.80. The molecule has 138 valence electrons. The molecular formula is C20H24N2O3S. The number of rotatable bonds is 4. The van der Waals surface area contributed by atoms with Crippen molar-refractivity contribution in [3.8, 4) is 0 Å². The van der Waals surface area contributed by atoms with Gasteiger partial charge in [-0.25, -0.2) is 8.42 Å². The summed E-state index contributed by atoms with van der Waals surface area (Å²) in [7, 11) is -3.69. The van der Waals surface area contributed by atoms with Crippen molar-refractivity contribution in [3.05, 3.63) is 59.2 Å². The highest BCUT2D eigenvalue weighted by Crippen LogP contribution is 2.27. The highest BCUT2D eigenvalue weighted by Gasteiger charge is 2.39. The first-order valence-electron chi connectivity index (χ1n) is 8.75. The second kappa shape index (κ2) is 7.21. The van der Waals surface area contributed by atoms with E-state index in [9.17, 15) is 13.2 Å². The van der Waals surface area contributed by atoms with Crippen molar-refractivity contribution in [2.24, 2.45) is 0 Å². The van der Waals surface area contributed by atoms with Gasteiger partial charge >= 0.3 is 0 Å². The number of carbonyl (C=O) groups excluding carboxylic acids is 1. The van der Waals surface area contributed by atoms with Crippen LogP contribution >= 0.6 is 0 Å². The molecule has 1 amide bonds. The zero-order valence-electron chi connectivity index (χ0n) is 15.3. The van der Waals surface area contributed by atoms with Crippen LogP contribution in [-0.4, -0.2) is 31.2 Å². The van der Waals surface area contributed by atoms with Gasteiger partial charge in [-0.3, -0.25) is 4.79 Å². The number of sulfonamides is 1. The van der Waals surface area contributed by atoms with Gasteiger partial charge in [0.15, 0.2) is 0 Å². The number of benzene rings is 2. The van der Waals surface area contributed by atoms with Gasteiger partial charge in [0.2, 0.25) is 15.9 Å². The summed E-state index contributed by atoms with van der Waals surface area (Å²) in [6.07, 6.45) is 1.21. The Labute approximate surface area is 155 Å². The zero-order valence-corrected chi connectivity index (χ0v) is 16.1. The van der Waals surface area contributed by atoms with Crippen LogP contribution in [0.2, 0.25) is 0 Å². The van der Waals surface area contributed by atoms with Crippen molar-refractivity contribution >= 4 is 21.6 Å². The van der Waals surface area contributed by atoms with Crippen LogP contribution < -0.4 is 5.32 Å². The van der Waals surface area contributed by atoms with Crippen LogP contribution in [0.1, 0.15) is 29.5 Å². The zero-order chi connectivity index (χ0) is 18.9. The van der Waals surface area contributed by atoms with Crippen LogP contribution in [0, 0.1) is 20.8 Å². The largest absolute Gasteiger partial charge is 0.325 e. The third kappa shape index (κ3) is 3.81. The summed E-state index contributed by atoms with van der Waals surface area (Å²) < 4.78 is 27.3. The lowest BCUT2D eigenvalue weighted by Crippen LogP contribution is -2.43. The van der Waals surface area contributed by atoms with Crippen molar-refractivity contribution in [2.75, 3.05) is 11.9 Å². The van der Waals surface area contributed by atoms with Gasteiger partial charge in [-0.15, -0.1) is 0 Å². The van der Waals surface area contributed by atoms with Gasteiger partial charge in [0.05, 0.1) is 4.90 Å². The third-order valence-corrected chi connectivity index (χ3v) is 6.55. The first-order valence-corrected chi connectivity index (χ1v) is 10.2. The van der Waals surface area contributed by atoms with E-state index in [1.165, 1.54) is 4.31 Å². The Morgan fingerprint density at radius 2 is 1.62 bits per heavy atom. The van der Waals surface area contributed by atoms with Crippen LogP contribution in [0.15, 0.2) is 47.4 Å². The van der Waals surface area contributed by atoms with E-state index in [0.717, 1.165) is 16.7 Å². The number of amides is 1. The number of nitrogens with zero attached hydrogens (tertiary/aromatic N) is 1. The number of hydrogen-bond acceptors (Lipinski definition) is 3. The second-order valence-electron chi connectivity index (χ2n) is 6.95. The van der Waals surface area contributed by atoms with Crippen molar-refractivity contribution in [1.29, 1.82) is 0 Å². The molecule has 0 saturated carbocycles. The predicted molar refractivity (Wildman–Crippen MR) is 103 cm³/mol. The minimum atomic E-state index is -3.69. The normalized spacial score (nSPS) is 18.0. The van der Waals surface area contributed by atoms with Crippen LogP contribution in [-0.2, 0) is 14.8 Å². The number of carbonyl (C=O) groups is 1. The van der Waals surface area contributed by atoms with Gasteiger partial charge in [-0.2, -0.15) is 4.31 Å². The quantitative estimate of drug-likeness (QED) is 0.894. The predicted octanol–water partition coefficient (Wildman–Crippen LogP) is 3.40. The molecule has 3 rings (SSSR count). The molecule has 1 saturated heterocycles. The fraction of sp³-hybridized carbons (Fsp3) is 0.350. The van der Waals surface area contributed by atoms with Crippen molar-refractivity contribution in [3.63, 3.8) is 0 Å². The van der Waals surface area contributed by atoms with Gasteiger partial charge < -0.3 is 5.32 Å². The van der Waals surface area contributed by atoms with Gasteiger partial charge in [0.25, 0.3) is 0 Å². The van der Waals surface area contributed by atoms with Crippen molar-refractivity contribution in [2.45, 2.75) is 44.6 Å². The number of nitrogens with one attached hydrogen (secondary N) is 1. The highest BCUT2D eigenvalue weighted by molar-refractivity contribution is 7.89. The molecule has 6 heteroatoms.